The second-order valence-electron chi connectivity index (χ2n) is 6.09. The second-order valence-corrected chi connectivity index (χ2v) is 8.31. The highest BCUT2D eigenvalue weighted by Crippen LogP contribution is 2.24. The smallest absolute Gasteiger partial charge is 0.227 e. The number of hydrogen-bond donors (Lipinski definition) is 0. The van der Waals surface area contributed by atoms with Crippen LogP contribution in [0.5, 0.6) is 0 Å². The van der Waals surface area contributed by atoms with Gasteiger partial charge in [0.05, 0.1) is 11.3 Å². The molecule has 24 heavy (non-hydrogen) atoms. The van der Waals surface area contributed by atoms with Gasteiger partial charge >= 0.3 is 0 Å². The molecule has 3 rings (SSSR count). The largest absolute Gasteiger partial charge is 0.340 e. The van der Waals surface area contributed by atoms with Gasteiger partial charge in [0, 0.05) is 13.1 Å². The molecule has 1 heterocycles. The van der Waals surface area contributed by atoms with Crippen molar-refractivity contribution >= 4 is 15.7 Å². The Balaban J connectivity index is 1.62. The molecule has 0 spiro atoms. The first-order valence-corrected chi connectivity index (χ1v) is 9.23. The van der Waals surface area contributed by atoms with Crippen LogP contribution in [0.3, 0.4) is 0 Å². The Morgan fingerprint density at radius 3 is 2.46 bits per heavy atom. The highest BCUT2D eigenvalue weighted by atomic mass is 32.2. The van der Waals surface area contributed by atoms with Crippen LogP contribution in [-0.4, -0.2) is 37.6 Å². The van der Waals surface area contributed by atoms with Crippen LogP contribution in [0.1, 0.15) is 11.1 Å². The summed E-state index contributed by atoms with van der Waals surface area (Å²) in [5, 5.41) is -0.621. The molecule has 1 saturated heterocycles. The highest BCUT2D eigenvalue weighted by molar-refractivity contribution is 7.92. The van der Waals surface area contributed by atoms with Gasteiger partial charge in [0.15, 0.2) is 9.84 Å². The number of carbonyl (C=O) groups excluding carboxylic acids is 1. The Bertz CT molecular complexity index is 856. The van der Waals surface area contributed by atoms with Gasteiger partial charge in [0.25, 0.3) is 0 Å². The van der Waals surface area contributed by atoms with E-state index in [0.29, 0.717) is 0 Å². The lowest BCUT2D eigenvalue weighted by atomic mass is 10.1. The summed E-state index contributed by atoms with van der Waals surface area (Å²) in [7, 11) is -3.53. The summed E-state index contributed by atoms with van der Waals surface area (Å²) in [6.07, 6.45) is 0.269. The van der Waals surface area contributed by atoms with E-state index in [0.717, 1.165) is 23.3 Å². The molecular weight excluding hydrogens is 329 g/mol. The van der Waals surface area contributed by atoms with Gasteiger partial charge in [0.1, 0.15) is 11.1 Å². The average Bonchev–Trinajstić information content (AvgIpc) is 2.45. The van der Waals surface area contributed by atoms with E-state index >= 15 is 0 Å². The standard InChI is InChI=1S/C18H18FNO3S/c1-13-3-2-4-14(9-13)10-18(21)20-11-17(12-20)24(22,23)16-7-5-15(19)6-8-16/h2-9,17H,10-12H2,1H3. The SMILES string of the molecule is Cc1cccc(CC(=O)N2CC(S(=O)(=O)c3ccc(F)cc3)C2)c1. The highest BCUT2D eigenvalue weighted by Gasteiger charge is 2.40. The molecule has 0 aliphatic carbocycles. The van der Waals surface area contributed by atoms with E-state index < -0.39 is 20.9 Å². The number of rotatable bonds is 4. The van der Waals surface area contributed by atoms with Gasteiger partial charge in [-0.25, -0.2) is 12.8 Å². The van der Waals surface area contributed by atoms with E-state index in [4.69, 9.17) is 0 Å². The second kappa shape index (κ2) is 6.36. The van der Waals surface area contributed by atoms with Gasteiger partial charge in [-0.3, -0.25) is 4.79 Å². The van der Waals surface area contributed by atoms with Crippen LogP contribution >= 0.6 is 0 Å². The monoisotopic (exact) mass is 347 g/mol. The predicted molar refractivity (Wildman–Crippen MR) is 88.8 cm³/mol. The van der Waals surface area contributed by atoms with Crippen LogP contribution in [0.2, 0.25) is 0 Å². The number of sulfone groups is 1. The molecule has 1 aliphatic heterocycles. The van der Waals surface area contributed by atoms with Crippen LogP contribution < -0.4 is 0 Å². The summed E-state index contributed by atoms with van der Waals surface area (Å²) in [5.74, 6) is -0.552. The van der Waals surface area contributed by atoms with Crippen molar-refractivity contribution in [2.24, 2.45) is 0 Å². The lowest BCUT2D eigenvalue weighted by Crippen LogP contribution is -2.57. The van der Waals surface area contributed by atoms with Crippen LogP contribution in [0.25, 0.3) is 0 Å². The van der Waals surface area contributed by atoms with Crippen LogP contribution in [-0.2, 0) is 21.1 Å². The number of halogens is 1. The number of likely N-dealkylation sites (tertiary alicyclic amines) is 1. The average molecular weight is 347 g/mol. The fourth-order valence-corrected chi connectivity index (χ4v) is 4.42. The molecule has 0 saturated carbocycles. The van der Waals surface area contributed by atoms with Crippen LogP contribution in [0.15, 0.2) is 53.4 Å². The van der Waals surface area contributed by atoms with E-state index in [2.05, 4.69) is 0 Å². The summed E-state index contributed by atoms with van der Waals surface area (Å²) < 4.78 is 37.8. The van der Waals surface area contributed by atoms with Gasteiger partial charge in [-0.1, -0.05) is 29.8 Å². The summed E-state index contributed by atoms with van der Waals surface area (Å²) in [5.41, 5.74) is 2.01. The number of benzene rings is 2. The number of carbonyl (C=O) groups is 1. The Morgan fingerprint density at radius 2 is 1.83 bits per heavy atom. The van der Waals surface area contributed by atoms with Gasteiger partial charge in [-0.2, -0.15) is 0 Å². The van der Waals surface area contributed by atoms with E-state index in [-0.39, 0.29) is 30.3 Å². The molecule has 0 aromatic heterocycles. The molecule has 6 heteroatoms. The Hall–Kier alpha value is -2.21. The van der Waals surface area contributed by atoms with Crippen molar-refractivity contribution < 1.29 is 17.6 Å². The predicted octanol–water partition coefficient (Wildman–Crippen LogP) is 2.36. The van der Waals surface area contributed by atoms with Crippen LogP contribution in [0.4, 0.5) is 4.39 Å². The van der Waals surface area contributed by atoms with Crippen molar-refractivity contribution in [3.63, 3.8) is 0 Å². The third kappa shape index (κ3) is 3.33. The molecular formula is C18H18FNO3S. The number of nitrogens with zero attached hydrogens (tertiary/aromatic N) is 1. The molecule has 0 atom stereocenters. The zero-order valence-corrected chi connectivity index (χ0v) is 14.1. The zero-order valence-electron chi connectivity index (χ0n) is 13.3. The van der Waals surface area contributed by atoms with Crippen molar-refractivity contribution in [3.8, 4) is 0 Å². The Kier molecular flexibility index (Phi) is 4.41. The lowest BCUT2D eigenvalue weighted by Gasteiger charge is -2.38. The topological polar surface area (TPSA) is 54.5 Å². The summed E-state index contributed by atoms with van der Waals surface area (Å²) in [4.78, 5) is 13.9. The molecule has 126 valence electrons. The summed E-state index contributed by atoms with van der Waals surface area (Å²) in [6, 6.07) is 12.5. The third-order valence-corrected chi connectivity index (χ3v) is 6.32. The number of amides is 1. The van der Waals surface area contributed by atoms with Crippen LogP contribution in [0, 0.1) is 12.7 Å². The van der Waals surface area contributed by atoms with Crippen molar-refractivity contribution in [1.29, 1.82) is 0 Å². The van der Waals surface area contributed by atoms with Crippen molar-refractivity contribution in [3.05, 3.63) is 65.5 Å². The quantitative estimate of drug-likeness (QED) is 0.798. The van der Waals surface area contributed by atoms with E-state index in [1.807, 2.05) is 31.2 Å². The van der Waals surface area contributed by atoms with Gasteiger partial charge in [0.2, 0.25) is 5.91 Å². The molecule has 0 N–H and O–H groups in total. The molecule has 1 amide bonds. The number of hydrogen-bond acceptors (Lipinski definition) is 3. The van der Waals surface area contributed by atoms with Gasteiger partial charge in [-0.05, 0) is 36.8 Å². The fourth-order valence-electron chi connectivity index (χ4n) is 2.76. The maximum Gasteiger partial charge on any atom is 0.227 e. The first-order valence-electron chi connectivity index (χ1n) is 7.69. The first kappa shape index (κ1) is 16.6. The first-order chi connectivity index (χ1) is 11.4. The minimum Gasteiger partial charge on any atom is -0.340 e. The normalized spacial score (nSPS) is 15.2. The minimum absolute atomic E-state index is 0.0776. The maximum absolute atomic E-state index is 12.9. The van der Waals surface area contributed by atoms with E-state index in [1.165, 1.54) is 12.1 Å². The molecule has 0 bridgehead atoms. The molecule has 2 aromatic rings. The molecule has 1 aliphatic rings. The molecule has 1 fully saturated rings. The van der Waals surface area contributed by atoms with Gasteiger partial charge < -0.3 is 4.90 Å². The van der Waals surface area contributed by atoms with Crippen molar-refractivity contribution in [2.45, 2.75) is 23.5 Å². The van der Waals surface area contributed by atoms with E-state index in [1.54, 1.807) is 4.90 Å². The zero-order chi connectivity index (χ0) is 17.3. The Morgan fingerprint density at radius 1 is 1.17 bits per heavy atom. The Labute approximate surface area is 140 Å². The van der Waals surface area contributed by atoms with Gasteiger partial charge in [-0.15, -0.1) is 0 Å². The van der Waals surface area contributed by atoms with Crippen molar-refractivity contribution in [1.82, 2.24) is 4.90 Å². The minimum atomic E-state index is -3.53. The molecule has 0 unspecified atom stereocenters. The lowest BCUT2D eigenvalue weighted by molar-refractivity contribution is -0.133. The summed E-state index contributed by atoms with van der Waals surface area (Å²) in [6.45, 7) is 2.33. The summed E-state index contributed by atoms with van der Waals surface area (Å²) >= 11 is 0. The third-order valence-electron chi connectivity index (χ3n) is 4.22. The maximum atomic E-state index is 12.9. The molecule has 4 nitrogen and oxygen atoms in total. The molecule has 2 aromatic carbocycles. The van der Waals surface area contributed by atoms with Crippen molar-refractivity contribution in [2.75, 3.05) is 13.1 Å². The molecule has 0 radical (unpaired) electrons. The fraction of sp³-hybridized carbons (Fsp3) is 0.278. The van der Waals surface area contributed by atoms with E-state index in [9.17, 15) is 17.6 Å². The number of aryl methyl sites for hydroxylation is 1.